The van der Waals surface area contributed by atoms with Gasteiger partial charge in [-0.2, -0.15) is 0 Å². The summed E-state index contributed by atoms with van der Waals surface area (Å²) in [6.07, 6.45) is 4.91. The fourth-order valence-electron chi connectivity index (χ4n) is 6.35. The van der Waals surface area contributed by atoms with Gasteiger partial charge in [0.2, 0.25) is 0 Å². The third-order valence-corrected chi connectivity index (χ3v) is 8.29. The number of likely N-dealkylation sites (tertiary alicyclic amines) is 1. The smallest absolute Gasteiger partial charge is 0.180 e. The lowest BCUT2D eigenvalue weighted by molar-refractivity contribution is 0.0726. The predicted molar refractivity (Wildman–Crippen MR) is 142 cm³/mol. The van der Waals surface area contributed by atoms with Crippen molar-refractivity contribution in [1.82, 2.24) is 15.0 Å². The SMILES string of the molecule is COCC1CCCN1Cc1cccc(OC[C@@H]2CC[C@H]3CN(c4noc5ccccc45)CCN3C2)c1. The molecular formula is C29H38N4O3. The van der Waals surface area contributed by atoms with E-state index in [-0.39, 0.29) is 0 Å². The van der Waals surface area contributed by atoms with E-state index in [9.17, 15) is 0 Å². The zero-order valence-corrected chi connectivity index (χ0v) is 21.3. The number of nitrogens with zero attached hydrogens (tertiary/aromatic N) is 4. The van der Waals surface area contributed by atoms with E-state index in [1.54, 1.807) is 7.11 Å². The van der Waals surface area contributed by atoms with Gasteiger partial charge in [0, 0.05) is 57.8 Å². The second kappa shape index (κ2) is 10.8. The third-order valence-electron chi connectivity index (χ3n) is 8.29. The summed E-state index contributed by atoms with van der Waals surface area (Å²) in [6, 6.07) is 18.0. The van der Waals surface area contributed by atoms with E-state index < -0.39 is 0 Å². The fraction of sp³-hybridized carbons (Fsp3) is 0.552. The molecule has 0 bridgehead atoms. The van der Waals surface area contributed by atoms with Crippen LogP contribution in [0.1, 0.15) is 31.2 Å². The molecule has 3 aliphatic heterocycles. The molecule has 6 rings (SSSR count). The first kappa shape index (κ1) is 23.8. The van der Waals surface area contributed by atoms with Gasteiger partial charge in [-0.3, -0.25) is 9.80 Å². The maximum Gasteiger partial charge on any atom is 0.180 e. The summed E-state index contributed by atoms with van der Waals surface area (Å²) in [5.74, 6) is 2.58. The molecule has 7 heteroatoms. The van der Waals surface area contributed by atoms with Crippen LogP contribution in [0, 0.1) is 5.92 Å². The lowest BCUT2D eigenvalue weighted by Crippen LogP contribution is -2.57. The molecule has 0 N–H and O–H groups in total. The number of hydrogen-bond acceptors (Lipinski definition) is 7. The van der Waals surface area contributed by atoms with Crippen molar-refractivity contribution in [3.8, 4) is 5.75 Å². The highest BCUT2D eigenvalue weighted by molar-refractivity contribution is 5.88. The van der Waals surface area contributed by atoms with Crippen molar-refractivity contribution >= 4 is 16.8 Å². The lowest BCUT2D eigenvalue weighted by atomic mass is 9.91. The van der Waals surface area contributed by atoms with E-state index in [2.05, 4.69) is 56.3 Å². The van der Waals surface area contributed by atoms with Gasteiger partial charge in [-0.15, -0.1) is 0 Å². The number of piperidine rings is 1. The minimum atomic E-state index is 0.540. The zero-order valence-electron chi connectivity index (χ0n) is 21.3. The normalized spacial score (nSPS) is 25.4. The monoisotopic (exact) mass is 490 g/mol. The van der Waals surface area contributed by atoms with Gasteiger partial charge in [0.05, 0.1) is 18.6 Å². The number of benzene rings is 2. The maximum atomic E-state index is 6.33. The lowest BCUT2D eigenvalue weighted by Gasteiger charge is -2.46. The Kier molecular flexibility index (Phi) is 7.12. The average Bonchev–Trinajstić information content (AvgIpc) is 3.54. The summed E-state index contributed by atoms with van der Waals surface area (Å²) in [5, 5.41) is 5.51. The van der Waals surface area contributed by atoms with Crippen LogP contribution in [-0.4, -0.2) is 80.1 Å². The minimum absolute atomic E-state index is 0.540. The molecule has 3 aliphatic rings. The summed E-state index contributed by atoms with van der Waals surface area (Å²) in [5.41, 5.74) is 2.20. The summed E-state index contributed by atoms with van der Waals surface area (Å²) in [6.45, 7) is 7.93. The summed E-state index contributed by atoms with van der Waals surface area (Å²) < 4.78 is 17.3. The predicted octanol–water partition coefficient (Wildman–Crippen LogP) is 4.42. The Balaban J connectivity index is 1.01. The topological polar surface area (TPSA) is 54.2 Å². The first-order valence-electron chi connectivity index (χ1n) is 13.5. The Bertz CT molecular complexity index is 1150. The van der Waals surface area contributed by atoms with Crippen molar-refractivity contribution in [2.75, 3.05) is 57.9 Å². The third kappa shape index (κ3) is 5.10. The highest BCUT2D eigenvalue weighted by Gasteiger charge is 2.34. The van der Waals surface area contributed by atoms with Crippen molar-refractivity contribution in [2.24, 2.45) is 5.92 Å². The van der Waals surface area contributed by atoms with Crippen molar-refractivity contribution in [2.45, 2.75) is 44.3 Å². The number of hydrogen-bond donors (Lipinski definition) is 0. The molecule has 3 saturated heterocycles. The van der Waals surface area contributed by atoms with Crippen LogP contribution < -0.4 is 9.64 Å². The van der Waals surface area contributed by atoms with Crippen LogP contribution >= 0.6 is 0 Å². The van der Waals surface area contributed by atoms with Gasteiger partial charge in [-0.1, -0.05) is 29.4 Å². The molecule has 2 aromatic carbocycles. The average molecular weight is 491 g/mol. The Morgan fingerprint density at radius 3 is 2.86 bits per heavy atom. The Labute approximate surface area is 213 Å². The van der Waals surface area contributed by atoms with Crippen LogP contribution in [0.5, 0.6) is 5.75 Å². The molecule has 0 spiro atoms. The van der Waals surface area contributed by atoms with Gasteiger partial charge in [0.15, 0.2) is 11.4 Å². The molecule has 0 aliphatic carbocycles. The molecule has 3 aromatic rings. The molecule has 3 fully saturated rings. The van der Waals surface area contributed by atoms with Gasteiger partial charge in [0.25, 0.3) is 0 Å². The Morgan fingerprint density at radius 1 is 0.972 bits per heavy atom. The molecule has 1 unspecified atom stereocenters. The number of piperazine rings is 1. The fourth-order valence-corrected chi connectivity index (χ4v) is 6.35. The number of para-hydroxylation sites is 1. The quantitative estimate of drug-likeness (QED) is 0.463. The summed E-state index contributed by atoms with van der Waals surface area (Å²) in [4.78, 5) is 7.62. The molecule has 0 radical (unpaired) electrons. The van der Waals surface area contributed by atoms with E-state index in [0.717, 1.165) is 75.0 Å². The van der Waals surface area contributed by atoms with E-state index in [1.165, 1.54) is 31.2 Å². The molecule has 7 nitrogen and oxygen atoms in total. The number of rotatable bonds is 8. The van der Waals surface area contributed by atoms with E-state index in [1.807, 2.05) is 12.1 Å². The van der Waals surface area contributed by atoms with Crippen LogP contribution in [-0.2, 0) is 11.3 Å². The van der Waals surface area contributed by atoms with E-state index >= 15 is 0 Å². The van der Waals surface area contributed by atoms with Crippen LogP contribution in [0.4, 0.5) is 5.82 Å². The van der Waals surface area contributed by atoms with Gasteiger partial charge in [-0.25, -0.2) is 0 Å². The molecule has 4 heterocycles. The number of fused-ring (bicyclic) bond motifs is 2. The van der Waals surface area contributed by atoms with E-state index in [0.29, 0.717) is 18.0 Å². The molecule has 0 saturated carbocycles. The Hall–Kier alpha value is -2.61. The molecule has 192 valence electrons. The number of methoxy groups -OCH3 is 1. The van der Waals surface area contributed by atoms with Gasteiger partial charge in [-0.05, 0) is 62.1 Å². The maximum absolute atomic E-state index is 6.33. The minimum Gasteiger partial charge on any atom is -0.493 e. The second-order valence-electron chi connectivity index (χ2n) is 10.7. The second-order valence-corrected chi connectivity index (χ2v) is 10.7. The molecule has 1 aromatic heterocycles. The summed E-state index contributed by atoms with van der Waals surface area (Å²) in [7, 11) is 1.80. The van der Waals surface area contributed by atoms with Gasteiger partial charge >= 0.3 is 0 Å². The van der Waals surface area contributed by atoms with Crippen LogP contribution in [0.25, 0.3) is 11.0 Å². The van der Waals surface area contributed by atoms with Crippen molar-refractivity contribution in [3.05, 3.63) is 54.1 Å². The van der Waals surface area contributed by atoms with E-state index in [4.69, 9.17) is 14.0 Å². The highest BCUT2D eigenvalue weighted by atomic mass is 16.5. The van der Waals surface area contributed by atoms with Crippen molar-refractivity contribution < 1.29 is 14.0 Å². The largest absolute Gasteiger partial charge is 0.493 e. The molecule has 3 atom stereocenters. The molecule has 36 heavy (non-hydrogen) atoms. The molecular weight excluding hydrogens is 452 g/mol. The summed E-state index contributed by atoms with van der Waals surface area (Å²) >= 11 is 0. The van der Waals surface area contributed by atoms with Crippen molar-refractivity contribution in [1.29, 1.82) is 0 Å². The van der Waals surface area contributed by atoms with Crippen LogP contribution in [0.15, 0.2) is 53.1 Å². The van der Waals surface area contributed by atoms with Crippen LogP contribution in [0.3, 0.4) is 0 Å². The number of aromatic nitrogens is 1. The standard InChI is InChI=1S/C29H38N4O3/c1-34-21-25-7-5-13-31(25)17-22-6-4-8-26(16-22)35-20-23-11-12-24-19-33(15-14-32(24)18-23)29-27-9-2-3-10-28(27)36-30-29/h2-4,6,8-10,16,23-25H,5,7,11-15,17-21H2,1H3/t23-,24+,25?/m1/s1. The Morgan fingerprint density at radius 2 is 1.92 bits per heavy atom. The number of anilines is 1. The van der Waals surface area contributed by atoms with Gasteiger partial charge < -0.3 is 18.9 Å². The number of ether oxygens (including phenoxy) is 2. The van der Waals surface area contributed by atoms with Crippen molar-refractivity contribution in [3.63, 3.8) is 0 Å². The highest BCUT2D eigenvalue weighted by Crippen LogP contribution is 2.31. The van der Waals surface area contributed by atoms with Crippen LogP contribution in [0.2, 0.25) is 0 Å². The first-order valence-corrected chi connectivity index (χ1v) is 13.5. The molecule has 0 amide bonds. The van der Waals surface area contributed by atoms with Gasteiger partial charge in [0.1, 0.15) is 5.75 Å². The zero-order chi connectivity index (χ0) is 24.3. The first-order chi connectivity index (χ1) is 17.8.